The highest BCUT2D eigenvalue weighted by Crippen LogP contribution is 2.38. The first-order valence-electron chi connectivity index (χ1n) is 6.62. The van der Waals surface area contributed by atoms with Gasteiger partial charge in [0.05, 0.1) is 6.04 Å². The molecule has 2 heterocycles. The van der Waals surface area contributed by atoms with Crippen molar-refractivity contribution in [3.8, 4) is 11.5 Å². The number of rotatable bonds is 2. The van der Waals surface area contributed by atoms with Crippen LogP contribution in [0.15, 0.2) is 29.6 Å². The van der Waals surface area contributed by atoms with E-state index in [4.69, 9.17) is 9.47 Å². The molecule has 1 aliphatic heterocycles. The van der Waals surface area contributed by atoms with E-state index >= 15 is 0 Å². The fraction of sp³-hybridized carbons (Fsp3) is 0.333. The Morgan fingerprint density at radius 3 is 3.11 bits per heavy atom. The molecule has 98 valence electrons. The van der Waals surface area contributed by atoms with Gasteiger partial charge in [-0.1, -0.05) is 0 Å². The Morgan fingerprint density at radius 2 is 2.11 bits per heavy atom. The van der Waals surface area contributed by atoms with Crippen LogP contribution in [0.25, 0.3) is 0 Å². The number of fused-ring (bicyclic) bond motifs is 2. The molecule has 1 atom stereocenters. The van der Waals surface area contributed by atoms with E-state index in [1.54, 1.807) is 0 Å². The second-order valence-corrected chi connectivity index (χ2v) is 5.96. The van der Waals surface area contributed by atoms with Gasteiger partial charge in [0.1, 0.15) is 0 Å². The summed E-state index contributed by atoms with van der Waals surface area (Å²) in [7, 11) is 0. The molecule has 1 aromatic carbocycles. The molecule has 1 unspecified atom stereocenters. The quantitative estimate of drug-likeness (QED) is 0.898. The molecule has 1 aliphatic carbocycles. The molecular weight excluding hydrogens is 258 g/mol. The molecule has 0 saturated heterocycles. The van der Waals surface area contributed by atoms with Crippen molar-refractivity contribution in [1.82, 2.24) is 0 Å². The first kappa shape index (κ1) is 11.2. The van der Waals surface area contributed by atoms with E-state index in [2.05, 4.69) is 22.8 Å². The van der Waals surface area contributed by atoms with Crippen LogP contribution in [-0.2, 0) is 6.42 Å². The molecule has 0 saturated carbocycles. The predicted octanol–water partition coefficient (Wildman–Crippen LogP) is 3.97. The van der Waals surface area contributed by atoms with Gasteiger partial charge < -0.3 is 14.8 Å². The van der Waals surface area contributed by atoms with Crippen molar-refractivity contribution in [3.63, 3.8) is 0 Å². The molecule has 4 rings (SSSR count). The maximum Gasteiger partial charge on any atom is 0.231 e. The minimum Gasteiger partial charge on any atom is -0.454 e. The van der Waals surface area contributed by atoms with Crippen molar-refractivity contribution >= 4 is 17.0 Å². The molecule has 2 aromatic rings. The Kier molecular flexibility index (Phi) is 2.62. The van der Waals surface area contributed by atoms with Crippen LogP contribution in [0.4, 0.5) is 5.69 Å². The number of benzene rings is 1. The van der Waals surface area contributed by atoms with Crippen LogP contribution < -0.4 is 14.8 Å². The molecule has 4 heteroatoms. The van der Waals surface area contributed by atoms with E-state index in [9.17, 15) is 0 Å². The number of aryl methyl sites for hydroxylation is 1. The van der Waals surface area contributed by atoms with Crippen LogP contribution in [0.5, 0.6) is 11.5 Å². The normalized spacial score (nSPS) is 20.1. The summed E-state index contributed by atoms with van der Waals surface area (Å²) >= 11 is 1.88. The third-order valence-corrected chi connectivity index (χ3v) is 4.76. The van der Waals surface area contributed by atoms with Crippen molar-refractivity contribution in [2.45, 2.75) is 25.3 Å². The van der Waals surface area contributed by atoms with Gasteiger partial charge in [-0.2, -0.15) is 0 Å². The van der Waals surface area contributed by atoms with Crippen molar-refractivity contribution < 1.29 is 9.47 Å². The van der Waals surface area contributed by atoms with Crippen LogP contribution in [-0.4, -0.2) is 6.79 Å². The number of ether oxygens (including phenoxy) is 2. The SMILES string of the molecule is c1cc2c(s1)CCCC2Nc1ccc2c(c1)OCO2. The topological polar surface area (TPSA) is 30.5 Å². The van der Waals surface area contributed by atoms with Gasteiger partial charge >= 0.3 is 0 Å². The predicted molar refractivity (Wildman–Crippen MR) is 76.2 cm³/mol. The molecule has 0 fully saturated rings. The van der Waals surface area contributed by atoms with Crippen molar-refractivity contribution in [2.24, 2.45) is 0 Å². The van der Waals surface area contributed by atoms with Gasteiger partial charge in [-0.3, -0.25) is 0 Å². The fourth-order valence-electron chi connectivity index (χ4n) is 2.82. The Bertz CT molecular complexity index is 608. The van der Waals surface area contributed by atoms with Crippen LogP contribution in [0.1, 0.15) is 29.3 Å². The second-order valence-electron chi connectivity index (χ2n) is 4.96. The Labute approximate surface area is 116 Å². The van der Waals surface area contributed by atoms with Gasteiger partial charge in [-0.15, -0.1) is 11.3 Å². The Balaban J connectivity index is 1.59. The van der Waals surface area contributed by atoms with Gasteiger partial charge in [0, 0.05) is 16.6 Å². The first-order chi connectivity index (χ1) is 9.40. The zero-order chi connectivity index (χ0) is 12.7. The molecule has 1 N–H and O–H groups in total. The average Bonchev–Trinajstić information content (AvgIpc) is 3.06. The van der Waals surface area contributed by atoms with Crippen LogP contribution >= 0.6 is 11.3 Å². The number of hydrogen-bond acceptors (Lipinski definition) is 4. The number of thiophene rings is 1. The smallest absolute Gasteiger partial charge is 0.231 e. The standard InChI is InChI=1S/C15H15NO2S/c1-2-12(11-6-7-19-15(11)3-1)16-10-4-5-13-14(8-10)18-9-17-13/h4-8,12,16H,1-3,9H2. The first-order valence-corrected chi connectivity index (χ1v) is 7.50. The summed E-state index contributed by atoms with van der Waals surface area (Å²) in [6.07, 6.45) is 3.68. The highest BCUT2D eigenvalue weighted by molar-refractivity contribution is 7.10. The van der Waals surface area contributed by atoms with Crippen LogP contribution in [0.2, 0.25) is 0 Å². The lowest BCUT2D eigenvalue weighted by atomic mass is 9.94. The van der Waals surface area contributed by atoms with Gasteiger partial charge in [-0.25, -0.2) is 0 Å². The third kappa shape index (κ3) is 1.96. The molecular formula is C15H15NO2S. The second kappa shape index (κ2) is 4.46. The molecule has 0 amide bonds. The lowest BCUT2D eigenvalue weighted by molar-refractivity contribution is 0.174. The summed E-state index contributed by atoms with van der Waals surface area (Å²) in [6, 6.07) is 8.75. The summed E-state index contributed by atoms with van der Waals surface area (Å²) in [5.74, 6) is 1.68. The van der Waals surface area contributed by atoms with E-state index < -0.39 is 0 Å². The number of anilines is 1. The lowest BCUT2D eigenvalue weighted by Gasteiger charge is -2.24. The van der Waals surface area contributed by atoms with E-state index in [1.165, 1.54) is 29.7 Å². The molecule has 2 aliphatic rings. The summed E-state index contributed by atoms with van der Waals surface area (Å²) in [6.45, 7) is 0.330. The van der Waals surface area contributed by atoms with Gasteiger partial charge in [-0.05, 0) is 48.4 Å². The summed E-state index contributed by atoms with van der Waals surface area (Å²) < 4.78 is 10.8. The van der Waals surface area contributed by atoms with Gasteiger partial charge in [0.2, 0.25) is 6.79 Å². The zero-order valence-electron chi connectivity index (χ0n) is 10.5. The lowest BCUT2D eigenvalue weighted by Crippen LogP contribution is -2.15. The Hall–Kier alpha value is -1.68. The van der Waals surface area contributed by atoms with Gasteiger partial charge in [0.25, 0.3) is 0 Å². The van der Waals surface area contributed by atoms with E-state index in [0.717, 1.165) is 17.2 Å². The van der Waals surface area contributed by atoms with Crippen LogP contribution in [0.3, 0.4) is 0 Å². The van der Waals surface area contributed by atoms with Gasteiger partial charge in [0.15, 0.2) is 11.5 Å². The monoisotopic (exact) mass is 273 g/mol. The minimum atomic E-state index is 0.330. The molecule has 0 bridgehead atoms. The van der Waals surface area contributed by atoms with E-state index in [1.807, 2.05) is 23.5 Å². The molecule has 0 radical (unpaired) electrons. The maximum absolute atomic E-state index is 5.42. The molecule has 0 spiro atoms. The average molecular weight is 273 g/mol. The largest absolute Gasteiger partial charge is 0.454 e. The molecule has 1 aromatic heterocycles. The summed E-state index contributed by atoms with van der Waals surface area (Å²) in [4.78, 5) is 1.53. The Morgan fingerprint density at radius 1 is 1.16 bits per heavy atom. The summed E-state index contributed by atoms with van der Waals surface area (Å²) in [5, 5.41) is 5.82. The third-order valence-electron chi connectivity index (χ3n) is 3.77. The number of nitrogens with one attached hydrogen (secondary N) is 1. The minimum absolute atomic E-state index is 0.330. The van der Waals surface area contributed by atoms with E-state index in [0.29, 0.717) is 12.8 Å². The summed E-state index contributed by atoms with van der Waals surface area (Å²) in [5.41, 5.74) is 2.57. The molecule has 19 heavy (non-hydrogen) atoms. The van der Waals surface area contributed by atoms with Crippen molar-refractivity contribution in [1.29, 1.82) is 0 Å². The van der Waals surface area contributed by atoms with Crippen molar-refractivity contribution in [3.05, 3.63) is 40.1 Å². The fourth-order valence-corrected chi connectivity index (χ4v) is 3.81. The van der Waals surface area contributed by atoms with E-state index in [-0.39, 0.29) is 0 Å². The highest BCUT2D eigenvalue weighted by atomic mass is 32.1. The van der Waals surface area contributed by atoms with Crippen molar-refractivity contribution in [2.75, 3.05) is 12.1 Å². The maximum atomic E-state index is 5.42. The highest BCUT2D eigenvalue weighted by Gasteiger charge is 2.22. The van der Waals surface area contributed by atoms with Crippen LogP contribution in [0, 0.1) is 0 Å². The molecule has 3 nitrogen and oxygen atoms in total. The number of hydrogen-bond donors (Lipinski definition) is 1. The zero-order valence-corrected chi connectivity index (χ0v) is 11.3.